The summed E-state index contributed by atoms with van der Waals surface area (Å²) in [7, 11) is 0. The molecule has 0 aliphatic rings. The molecule has 0 aliphatic carbocycles. The Labute approximate surface area is 82.0 Å². The Bertz CT molecular complexity index is 132. The monoisotopic (exact) mass is 185 g/mol. The van der Waals surface area contributed by atoms with Gasteiger partial charge in [0.25, 0.3) is 0 Å². The van der Waals surface area contributed by atoms with Gasteiger partial charge in [0.1, 0.15) is 0 Å². The van der Waals surface area contributed by atoms with Crippen molar-refractivity contribution in [3.05, 3.63) is 12.3 Å². The number of hydrogen-bond donors (Lipinski definition) is 2. The summed E-state index contributed by atoms with van der Waals surface area (Å²) >= 11 is 0. The van der Waals surface area contributed by atoms with Gasteiger partial charge in [-0.1, -0.05) is 33.3 Å². The fraction of sp³-hybridized carbons (Fsp3) is 0.818. The first kappa shape index (κ1) is 12.5. The van der Waals surface area contributed by atoms with Crippen LogP contribution >= 0.6 is 0 Å². The highest BCUT2D eigenvalue weighted by Crippen LogP contribution is 2.03. The van der Waals surface area contributed by atoms with Crippen molar-refractivity contribution in [3.8, 4) is 0 Å². The van der Waals surface area contributed by atoms with Gasteiger partial charge in [0.15, 0.2) is 0 Å². The van der Waals surface area contributed by atoms with Crippen LogP contribution in [0.1, 0.15) is 39.5 Å². The molecule has 0 heterocycles. The summed E-state index contributed by atoms with van der Waals surface area (Å²) in [6.45, 7) is 9.56. The number of rotatable bonds is 8. The fourth-order valence-electron chi connectivity index (χ4n) is 1.04. The first-order valence-electron chi connectivity index (χ1n) is 5.22. The average molecular weight is 185 g/mol. The number of aliphatic hydroxyl groups excluding tert-OH is 1. The van der Waals surface area contributed by atoms with Crippen molar-refractivity contribution in [2.45, 2.75) is 39.5 Å². The van der Waals surface area contributed by atoms with Crippen LogP contribution < -0.4 is 5.32 Å². The second-order valence-corrected chi connectivity index (χ2v) is 3.74. The molecule has 0 radical (unpaired) electrons. The summed E-state index contributed by atoms with van der Waals surface area (Å²) in [4.78, 5) is 0. The number of hydrogen-bond acceptors (Lipinski definition) is 2. The predicted octanol–water partition coefficient (Wildman–Crippen LogP) is 2.30. The van der Waals surface area contributed by atoms with Crippen LogP contribution in [-0.2, 0) is 0 Å². The molecule has 0 saturated carbocycles. The van der Waals surface area contributed by atoms with Gasteiger partial charge < -0.3 is 10.4 Å². The van der Waals surface area contributed by atoms with E-state index in [0.29, 0.717) is 12.5 Å². The van der Waals surface area contributed by atoms with Crippen molar-refractivity contribution in [2.75, 3.05) is 13.2 Å². The Hall–Kier alpha value is -0.500. The second kappa shape index (κ2) is 8.11. The minimum absolute atomic E-state index is 0.326. The molecule has 2 N–H and O–H groups in total. The zero-order chi connectivity index (χ0) is 10.1. The molecule has 0 rings (SSSR count). The van der Waals surface area contributed by atoms with Crippen molar-refractivity contribution in [2.24, 2.45) is 5.92 Å². The van der Waals surface area contributed by atoms with E-state index >= 15 is 0 Å². The van der Waals surface area contributed by atoms with Gasteiger partial charge in [-0.25, -0.2) is 0 Å². The van der Waals surface area contributed by atoms with Crippen LogP contribution in [0.15, 0.2) is 12.3 Å². The Morgan fingerprint density at radius 2 is 1.85 bits per heavy atom. The lowest BCUT2D eigenvalue weighted by Gasteiger charge is -2.12. The highest BCUT2D eigenvalue weighted by Gasteiger charge is 1.97. The molecule has 0 amide bonds. The number of unbranched alkanes of at least 4 members (excludes halogenated alkanes) is 3. The van der Waals surface area contributed by atoms with E-state index < -0.39 is 0 Å². The van der Waals surface area contributed by atoms with E-state index in [4.69, 9.17) is 5.11 Å². The molecule has 0 aromatic rings. The fourth-order valence-corrected chi connectivity index (χ4v) is 1.04. The molecule has 2 heteroatoms. The van der Waals surface area contributed by atoms with E-state index in [0.717, 1.165) is 25.1 Å². The van der Waals surface area contributed by atoms with Gasteiger partial charge in [0.2, 0.25) is 0 Å². The maximum absolute atomic E-state index is 8.55. The normalized spacial score (nSPS) is 10.5. The maximum atomic E-state index is 8.55. The largest absolute Gasteiger partial charge is 0.396 e. The molecule has 0 bridgehead atoms. The van der Waals surface area contributed by atoms with Crippen LogP contribution in [0.25, 0.3) is 0 Å². The lowest BCUT2D eigenvalue weighted by atomic mass is 10.1. The average Bonchev–Trinajstić information content (AvgIpc) is 2.10. The van der Waals surface area contributed by atoms with Crippen LogP contribution in [-0.4, -0.2) is 18.3 Å². The molecule has 0 unspecified atom stereocenters. The number of aliphatic hydroxyl groups is 1. The first-order valence-corrected chi connectivity index (χ1v) is 5.22. The molecule has 0 aliphatic heterocycles. The van der Waals surface area contributed by atoms with Crippen LogP contribution in [0.3, 0.4) is 0 Å². The topological polar surface area (TPSA) is 32.3 Å². The maximum Gasteiger partial charge on any atom is 0.0431 e. The molecule has 0 spiro atoms. The van der Waals surface area contributed by atoms with Gasteiger partial charge in [0.05, 0.1) is 0 Å². The smallest absolute Gasteiger partial charge is 0.0431 e. The lowest BCUT2D eigenvalue weighted by molar-refractivity contribution is 0.282. The van der Waals surface area contributed by atoms with Crippen LogP contribution in [0.5, 0.6) is 0 Å². The highest BCUT2D eigenvalue weighted by molar-refractivity contribution is 4.93. The van der Waals surface area contributed by atoms with E-state index in [1.165, 1.54) is 12.8 Å². The molecule has 0 saturated heterocycles. The molecule has 0 aromatic carbocycles. The highest BCUT2D eigenvalue weighted by atomic mass is 16.2. The summed E-state index contributed by atoms with van der Waals surface area (Å²) < 4.78 is 0. The van der Waals surface area contributed by atoms with Gasteiger partial charge in [-0.3, -0.25) is 0 Å². The van der Waals surface area contributed by atoms with Crippen molar-refractivity contribution in [1.29, 1.82) is 0 Å². The van der Waals surface area contributed by atoms with Gasteiger partial charge in [-0.15, -0.1) is 0 Å². The quantitative estimate of drug-likeness (QED) is 0.569. The van der Waals surface area contributed by atoms with Crippen LogP contribution in [0.2, 0.25) is 0 Å². The Kier molecular flexibility index (Phi) is 7.80. The lowest BCUT2D eigenvalue weighted by Crippen LogP contribution is -2.17. The SMILES string of the molecule is C=C(NCCCCCCO)C(C)C. The molecular formula is C11H23NO. The minimum Gasteiger partial charge on any atom is -0.396 e. The van der Waals surface area contributed by atoms with Gasteiger partial charge in [-0.2, -0.15) is 0 Å². The predicted molar refractivity (Wildman–Crippen MR) is 57.5 cm³/mol. The molecule has 0 fully saturated rings. The molecule has 13 heavy (non-hydrogen) atoms. The van der Waals surface area contributed by atoms with Crippen LogP contribution in [0, 0.1) is 5.92 Å². The molecule has 0 aromatic heterocycles. The molecule has 2 nitrogen and oxygen atoms in total. The Morgan fingerprint density at radius 1 is 1.23 bits per heavy atom. The Morgan fingerprint density at radius 3 is 2.38 bits per heavy atom. The number of allylic oxidation sites excluding steroid dienone is 1. The second-order valence-electron chi connectivity index (χ2n) is 3.74. The third-order valence-electron chi connectivity index (χ3n) is 2.13. The van der Waals surface area contributed by atoms with E-state index in [1.54, 1.807) is 0 Å². The molecule has 78 valence electrons. The van der Waals surface area contributed by atoms with E-state index in [-0.39, 0.29) is 0 Å². The van der Waals surface area contributed by atoms with Crippen LogP contribution in [0.4, 0.5) is 0 Å². The van der Waals surface area contributed by atoms with Crippen molar-refractivity contribution >= 4 is 0 Å². The van der Waals surface area contributed by atoms with Gasteiger partial charge in [-0.05, 0) is 18.8 Å². The van der Waals surface area contributed by atoms with Gasteiger partial charge in [0, 0.05) is 18.8 Å². The molecule has 0 atom stereocenters. The minimum atomic E-state index is 0.326. The summed E-state index contributed by atoms with van der Waals surface area (Å²) in [5.74, 6) is 0.525. The summed E-state index contributed by atoms with van der Waals surface area (Å²) in [6, 6.07) is 0. The summed E-state index contributed by atoms with van der Waals surface area (Å²) in [6.07, 6.45) is 4.43. The van der Waals surface area contributed by atoms with E-state index in [1.807, 2.05) is 0 Å². The molecular weight excluding hydrogens is 162 g/mol. The van der Waals surface area contributed by atoms with Crippen molar-refractivity contribution in [1.82, 2.24) is 5.32 Å². The Balaban J connectivity index is 3.12. The zero-order valence-corrected chi connectivity index (χ0v) is 8.97. The zero-order valence-electron chi connectivity index (χ0n) is 8.97. The summed E-state index contributed by atoms with van der Waals surface area (Å²) in [5, 5.41) is 11.9. The van der Waals surface area contributed by atoms with E-state index in [2.05, 4.69) is 25.7 Å². The standard InChI is InChI=1S/C11H23NO/c1-10(2)11(3)12-8-6-4-5-7-9-13/h10,12-13H,3-9H2,1-2H3. The van der Waals surface area contributed by atoms with E-state index in [9.17, 15) is 0 Å². The van der Waals surface area contributed by atoms with Gasteiger partial charge >= 0.3 is 0 Å². The number of nitrogens with one attached hydrogen (secondary N) is 1. The first-order chi connectivity index (χ1) is 6.18. The van der Waals surface area contributed by atoms with Crippen molar-refractivity contribution < 1.29 is 5.11 Å². The summed E-state index contributed by atoms with van der Waals surface area (Å²) in [5.41, 5.74) is 1.13. The third-order valence-corrected chi connectivity index (χ3v) is 2.13. The third kappa shape index (κ3) is 7.85. The van der Waals surface area contributed by atoms with Crippen molar-refractivity contribution in [3.63, 3.8) is 0 Å².